The molecule has 1 saturated carbocycles. The maximum Gasteiger partial charge on any atom is 0.237 e. The molecule has 1 aliphatic carbocycles. The van der Waals surface area contributed by atoms with Crippen LogP contribution in [0.1, 0.15) is 25.7 Å². The standard InChI is InChI=1S/C10H19N3O/c11-9(14)10(3-1-4-10)13-7-2-5-12-6-8-13/h12H,1-8H2,(H2,11,14). The number of hydrogen-bond acceptors (Lipinski definition) is 3. The number of primary amides is 1. The van der Waals surface area contributed by atoms with Gasteiger partial charge in [-0.05, 0) is 32.2 Å². The van der Waals surface area contributed by atoms with Crippen LogP contribution >= 0.6 is 0 Å². The summed E-state index contributed by atoms with van der Waals surface area (Å²) in [5, 5.41) is 3.34. The van der Waals surface area contributed by atoms with E-state index < -0.39 is 0 Å². The Bertz CT molecular complexity index is 217. The van der Waals surface area contributed by atoms with Crippen LogP contribution in [0.2, 0.25) is 0 Å². The minimum absolute atomic E-state index is 0.120. The summed E-state index contributed by atoms with van der Waals surface area (Å²) in [6.07, 6.45) is 4.19. The molecule has 0 bridgehead atoms. The summed E-state index contributed by atoms with van der Waals surface area (Å²) in [7, 11) is 0. The van der Waals surface area contributed by atoms with Gasteiger partial charge < -0.3 is 11.1 Å². The lowest BCUT2D eigenvalue weighted by atomic mass is 9.74. The third kappa shape index (κ3) is 1.53. The van der Waals surface area contributed by atoms with Crippen molar-refractivity contribution >= 4 is 5.91 Å². The zero-order valence-corrected chi connectivity index (χ0v) is 8.59. The number of carbonyl (C=O) groups is 1. The minimum Gasteiger partial charge on any atom is -0.368 e. The highest BCUT2D eigenvalue weighted by atomic mass is 16.1. The Balaban J connectivity index is 2.06. The zero-order chi connectivity index (χ0) is 10.0. The molecule has 2 fully saturated rings. The normalized spacial score (nSPS) is 27.7. The highest BCUT2D eigenvalue weighted by Crippen LogP contribution is 2.37. The summed E-state index contributed by atoms with van der Waals surface area (Å²) < 4.78 is 0. The number of nitrogens with zero attached hydrogens (tertiary/aromatic N) is 1. The van der Waals surface area contributed by atoms with Crippen LogP contribution in [0, 0.1) is 0 Å². The van der Waals surface area contributed by atoms with E-state index in [0.29, 0.717) is 0 Å². The van der Waals surface area contributed by atoms with Crippen molar-refractivity contribution in [2.75, 3.05) is 26.2 Å². The molecule has 1 amide bonds. The van der Waals surface area contributed by atoms with E-state index >= 15 is 0 Å². The van der Waals surface area contributed by atoms with Crippen LogP contribution in [-0.4, -0.2) is 42.5 Å². The molecule has 14 heavy (non-hydrogen) atoms. The Labute approximate surface area is 84.8 Å². The van der Waals surface area contributed by atoms with E-state index in [9.17, 15) is 4.79 Å². The van der Waals surface area contributed by atoms with Crippen LogP contribution in [0.5, 0.6) is 0 Å². The van der Waals surface area contributed by atoms with Crippen LogP contribution in [0.3, 0.4) is 0 Å². The van der Waals surface area contributed by atoms with E-state index in [-0.39, 0.29) is 11.4 Å². The van der Waals surface area contributed by atoms with Gasteiger partial charge in [-0.2, -0.15) is 0 Å². The molecule has 3 N–H and O–H groups in total. The summed E-state index contributed by atoms with van der Waals surface area (Å²) in [6, 6.07) is 0. The fourth-order valence-electron chi connectivity index (χ4n) is 2.50. The van der Waals surface area contributed by atoms with Gasteiger partial charge >= 0.3 is 0 Å². The van der Waals surface area contributed by atoms with Crippen LogP contribution in [0.4, 0.5) is 0 Å². The van der Waals surface area contributed by atoms with Crippen molar-refractivity contribution in [2.45, 2.75) is 31.2 Å². The summed E-state index contributed by atoms with van der Waals surface area (Å²) in [6.45, 7) is 4.01. The first kappa shape index (κ1) is 9.93. The average Bonchev–Trinajstić information content (AvgIpc) is 2.30. The first-order valence-electron chi connectivity index (χ1n) is 5.51. The fraction of sp³-hybridized carbons (Fsp3) is 0.900. The molecule has 2 aliphatic rings. The van der Waals surface area contributed by atoms with Crippen molar-refractivity contribution < 1.29 is 4.79 Å². The molecule has 2 rings (SSSR count). The second-order valence-electron chi connectivity index (χ2n) is 4.34. The van der Waals surface area contributed by atoms with Crippen molar-refractivity contribution in [2.24, 2.45) is 5.73 Å². The summed E-state index contributed by atoms with van der Waals surface area (Å²) in [5.41, 5.74) is 5.23. The van der Waals surface area contributed by atoms with Crippen LogP contribution in [0.15, 0.2) is 0 Å². The van der Waals surface area contributed by atoms with E-state index in [0.717, 1.165) is 51.9 Å². The number of hydrogen-bond donors (Lipinski definition) is 2. The molecule has 1 heterocycles. The van der Waals surface area contributed by atoms with Gasteiger partial charge in [0.25, 0.3) is 0 Å². The lowest BCUT2D eigenvalue weighted by Gasteiger charge is -2.47. The first-order valence-corrected chi connectivity index (χ1v) is 5.51. The summed E-state index contributed by atoms with van der Waals surface area (Å²) in [5.74, 6) is -0.120. The highest BCUT2D eigenvalue weighted by molar-refractivity contribution is 5.85. The smallest absolute Gasteiger partial charge is 0.237 e. The molecular formula is C10H19N3O. The second kappa shape index (κ2) is 3.87. The number of nitrogens with one attached hydrogen (secondary N) is 1. The molecule has 0 atom stereocenters. The first-order chi connectivity index (χ1) is 6.76. The van der Waals surface area contributed by atoms with Crippen molar-refractivity contribution in [1.29, 1.82) is 0 Å². The van der Waals surface area contributed by atoms with Crippen LogP contribution < -0.4 is 11.1 Å². The zero-order valence-electron chi connectivity index (χ0n) is 8.59. The second-order valence-corrected chi connectivity index (χ2v) is 4.34. The molecule has 0 aromatic rings. The van der Waals surface area contributed by atoms with Gasteiger partial charge in [-0.3, -0.25) is 9.69 Å². The molecule has 0 aromatic carbocycles. The highest BCUT2D eigenvalue weighted by Gasteiger charge is 2.47. The predicted molar refractivity (Wildman–Crippen MR) is 54.8 cm³/mol. The molecule has 0 aromatic heterocycles. The molecule has 0 radical (unpaired) electrons. The largest absolute Gasteiger partial charge is 0.368 e. The van der Waals surface area contributed by atoms with Crippen molar-refractivity contribution in [3.63, 3.8) is 0 Å². The Hall–Kier alpha value is -0.610. The van der Waals surface area contributed by atoms with Gasteiger partial charge in [0, 0.05) is 19.6 Å². The van der Waals surface area contributed by atoms with E-state index in [4.69, 9.17) is 5.73 Å². The van der Waals surface area contributed by atoms with E-state index in [1.54, 1.807) is 0 Å². The number of rotatable bonds is 2. The summed E-state index contributed by atoms with van der Waals surface area (Å²) in [4.78, 5) is 13.8. The van der Waals surface area contributed by atoms with Gasteiger partial charge in [-0.1, -0.05) is 0 Å². The topological polar surface area (TPSA) is 58.4 Å². The van der Waals surface area contributed by atoms with Gasteiger partial charge in [0.1, 0.15) is 5.54 Å². The van der Waals surface area contributed by atoms with E-state index in [1.807, 2.05) is 0 Å². The third-order valence-corrected chi connectivity index (χ3v) is 3.58. The van der Waals surface area contributed by atoms with Crippen molar-refractivity contribution in [3.8, 4) is 0 Å². The molecule has 80 valence electrons. The number of carbonyl (C=O) groups excluding carboxylic acids is 1. The maximum atomic E-state index is 11.5. The molecule has 1 saturated heterocycles. The fourth-order valence-corrected chi connectivity index (χ4v) is 2.50. The monoisotopic (exact) mass is 197 g/mol. The Morgan fingerprint density at radius 3 is 2.57 bits per heavy atom. The van der Waals surface area contributed by atoms with Gasteiger partial charge in [-0.25, -0.2) is 0 Å². The van der Waals surface area contributed by atoms with Gasteiger partial charge in [-0.15, -0.1) is 0 Å². The van der Waals surface area contributed by atoms with Gasteiger partial charge in [0.2, 0.25) is 5.91 Å². The maximum absolute atomic E-state index is 11.5. The van der Waals surface area contributed by atoms with Crippen molar-refractivity contribution in [1.82, 2.24) is 10.2 Å². The quantitative estimate of drug-likeness (QED) is 0.638. The van der Waals surface area contributed by atoms with Crippen LogP contribution in [-0.2, 0) is 4.79 Å². The average molecular weight is 197 g/mol. The molecule has 4 heteroatoms. The molecule has 0 unspecified atom stereocenters. The molecule has 0 spiro atoms. The van der Waals surface area contributed by atoms with Crippen LogP contribution in [0.25, 0.3) is 0 Å². The lowest BCUT2D eigenvalue weighted by molar-refractivity contribution is -0.136. The third-order valence-electron chi connectivity index (χ3n) is 3.58. The van der Waals surface area contributed by atoms with E-state index in [1.165, 1.54) is 0 Å². The Morgan fingerprint density at radius 2 is 2.00 bits per heavy atom. The Kier molecular flexibility index (Phi) is 2.74. The summed E-state index contributed by atoms with van der Waals surface area (Å²) >= 11 is 0. The van der Waals surface area contributed by atoms with Gasteiger partial charge in [0.15, 0.2) is 0 Å². The number of nitrogens with two attached hydrogens (primary N) is 1. The Morgan fingerprint density at radius 1 is 1.21 bits per heavy atom. The van der Waals surface area contributed by atoms with Gasteiger partial charge in [0.05, 0.1) is 0 Å². The predicted octanol–water partition coefficient (Wildman–Crippen LogP) is -0.310. The number of amides is 1. The SMILES string of the molecule is NC(=O)C1(N2CCCNCC2)CCC1. The van der Waals surface area contributed by atoms with Crippen molar-refractivity contribution in [3.05, 3.63) is 0 Å². The molecule has 4 nitrogen and oxygen atoms in total. The molecular weight excluding hydrogens is 178 g/mol. The molecule has 1 aliphatic heterocycles. The lowest BCUT2D eigenvalue weighted by Crippen LogP contribution is -2.62. The minimum atomic E-state index is -0.286. The van der Waals surface area contributed by atoms with E-state index in [2.05, 4.69) is 10.2 Å².